The monoisotopic (exact) mass is 260 g/mol. The van der Waals surface area contributed by atoms with Crippen molar-refractivity contribution in [2.45, 2.75) is 57.4 Å². The third-order valence-electron chi connectivity index (χ3n) is 3.92. The lowest BCUT2D eigenvalue weighted by atomic mass is 9.89. The molecule has 0 spiro atoms. The molecule has 2 N–H and O–H groups in total. The van der Waals surface area contributed by atoms with Crippen LogP contribution in [0.2, 0.25) is 0 Å². The van der Waals surface area contributed by atoms with Crippen LogP contribution in [0.1, 0.15) is 51.4 Å². The van der Waals surface area contributed by atoms with Crippen LogP contribution >= 0.6 is 12.4 Å². The number of hydrogen-bond donors (Lipinski definition) is 2. The zero-order valence-electron chi connectivity index (χ0n) is 10.5. The molecule has 17 heavy (non-hydrogen) atoms. The van der Waals surface area contributed by atoms with Crippen molar-refractivity contribution >= 4 is 18.3 Å². The van der Waals surface area contributed by atoms with E-state index < -0.39 is 0 Å². The van der Waals surface area contributed by atoms with Crippen LogP contribution in [0.4, 0.5) is 0 Å². The Morgan fingerprint density at radius 2 is 1.76 bits per heavy atom. The fourth-order valence-corrected chi connectivity index (χ4v) is 2.84. The maximum absolute atomic E-state index is 11.9. The first-order valence-electron chi connectivity index (χ1n) is 6.87. The highest BCUT2D eigenvalue weighted by Gasteiger charge is 2.21. The van der Waals surface area contributed by atoms with Crippen LogP contribution in [-0.2, 0) is 4.79 Å². The predicted molar refractivity (Wildman–Crippen MR) is 72.5 cm³/mol. The Bertz CT molecular complexity index is 223. The molecule has 2 rings (SSSR count). The van der Waals surface area contributed by atoms with Crippen molar-refractivity contribution in [3.05, 3.63) is 0 Å². The number of halogens is 1. The van der Waals surface area contributed by atoms with Gasteiger partial charge in [-0.2, -0.15) is 0 Å². The molecule has 1 heterocycles. The summed E-state index contributed by atoms with van der Waals surface area (Å²) in [6.45, 7) is 1.90. The molecule has 1 aliphatic carbocycles. The molecule has 0 aromatic carbocycles. The van der Waals surface area contributed by atoms with Gasteiger partial charge in [0.15, 0.2) is 0 Å². The zero-order valence-corrected chi connectivity index (χ0v) is 11.4. The summed E-state index contributed by atoms with van der Waals surface area (Å²) in [6.07, 6.45) is 10.1. The summed E-state index contributed by atoms with van der Waals surface area (Å²) in [6, 6.07) is 0.0809. The molecule has 1 unspecified atom stereocenters. The van der Waals surface area contributed by atoms with Crippen molar-refractivity contribution in [2.24, 2.45) is 5.92 Å². The summed E-state index contributed by atoms with van der Waals surface area (Å²) in [4.78, 5) is 11.9. The van der Waals surface area contributed by atoms with Crippen LogP contribution in [0.5, 0.6) is 0 Å². The highest BCUT2D eigenvalue weighted by atomic mass is 35.5. The van der Waals surface area contributed by atoms with Crippen molar-refractivity contribution in [1.82, 2.24) is 10.6 Å². The molecule has 1 atom stereocenters. The number of nitrogens with one attached hydrogen (secondary N) is 2. The van der Waals surface area contributed by atoms with E-state index in [1.807, 2.05) is 0 Å². The molecule has 1 aliphatic heterocycles. The SMILES string of the molecule is Cl.O=C(NCC1CCCCC1)C1CCCCN1. The van der Waals surface area contributed by atoms with Crippen molar-refractivity contribution < 1.29 is 4.79 Å². The third kappa shape index (κ3) is 4.84. The third-order valence-corrected chi connectivity index (χ3v) is 3.92. The molecule has 4 heteroatoms. The summed E-state index contributed by atoms with van der Waals surface area (Å²) < 4.78 is 0. The Morgan fingerprint density at radius 3 is 2.41 bits per heavy atom. The lowest BCUT2D eigenvalue weighted by Gasteiger charge is -2.25. The van der Waals surface area contributed by atoms with Gasteiger partial charge >= 0.3 is 0 Å². The average Bonchev–Trinajstić information content (AvgIpc) is 2.38. The second kappa shape index (κ2) is 7.93. The molecule has 2 aliphatic rings. The standard InChI is InChI=1S/C13H24N2O.ClH/c16-13(12-8-4-5-9-14-12)15-10-11-6-2-1-3-7-11;/h11-12,14H,1-10H2,(H,15,16);1H. The van der Waals surface area contributed by atoms with Gasteiger partial charge in [-0.3, -0.25) is 4.79 Å². The van der Waals surface area contributed by atoms with Crippen LogP contribution in [0.3, 0.4) is 0 Å². The van der Waals surface area contributed by atoms with Gasteiger partial charge in [0.1, 0.15) is 0 Å². The largest absolute Gasteiger partial charge is 0.354 e. The van der Waals surface area contributed by atoms with Gasteiger partial charge in [-0.15, -0.1) is 12.4 Å². The number of amides is 1. The zero-order chi connectivity index (χ0) is 11.2. The van der Waals surface area contributed by atoms with E-state index in [4.69, 9.17) is 0 Å². The Balaban J connectivity index is 0.00000144. The van der Waals surface area contributed by atoms with E-state index in [1.54, 1.807) is 0 Å². The lowest BCUT2D eigenvalue weighted by molar-refractivity contribution is -0.123. The topological polar surface area (TPSA) is 41.1 Å². The predicted octanol–water partition coefficient (Wildman–Crippen LogP) is 2.25. The van der Waals surface area contributed by atoms with Crippen LogP contribution in [0.25, 0.3) is 0 Å². The highest BCUT2D eigenvalue weighted by Crippen LogP contribution is 2.22. The molecule has 0 bridgehead atoms. The number of carbonyl (C=O) groups is 1. The Morgan fingerprint density at radius 1 is 1.06 bits per heavy atom. The smallest absolute Gasteiger partial charge is 0.237 e. The number of carbonyl (C=O) groups excluding carboxylic acids is 1. The van der Waals surface area contributed by atoms with Crippen LogP contribution in [0, 0.1) is 5.92 Å². The summed E-state index contributed by atoms with van der Waals surface area (Å²) in [5, 5.41) is 6.42. The van der Waals surface area contributed by atoms with Crippen molar-refractivity contribution in [3.8, 4) is 0 Å². The van der Waals surface area contributed by atoms with Gasteiger partial charge in [-0.25, -0.2) is 0 Å². The van der Waals surface area contributed by atoms with Gasteiger partial charge < -0.3 is 10.6 Å². The number of rotatable bonds is 3. The fraction of sp³-hybridized carbons (Fsp3) is 0.923. The van der Waals surface area contributed by atoms with Crippen LogP contribution in [0.15, 0.2) is 0 Å². The van der Waals surface area contributed by atoms with Gasteiger partial charge in [0.25, 0.3) is 0 Å². The molecular formula is C13H25ClN2O. The Labute approximate surface area is 111 Å². The average molecular weight is 261 g/mol. The van der Waals surface area contributed by atoms with E-state index in [1.165, 1.54) is 44.9 Å². The van der Waals surface area contributed by atoms with Crippen molar-refractivity contribution in [3.63, 3.8) is 0 Å². The molecule has 0 aromatic heterocycles. The normalized spacial score (nSPS) is 26.0. The highest BCUT2D eigenvalue weighted by molar-refractivity contribution is 5.85. The Kier molecular flexibility index (Phi) is 6.90. The number of hydrogen-bond acceptors (Lipinski definition) is 2. The van der Waals surface area contributed by atoms with Crippen molar-refractivity contribution in [1.29, 1.82) is 0 Å². The van der Waals surface area contributed by atoms with E-state index in [0.29, 0.717) is 0 Å². The van der Waals surface area contributed by atoms with Crippen LogP contribution in [-0.4, -0.2) is 25.0 Å². The minimum absolute atomic E-state index is 0. The molecule has 1 saturated heterocycles. The van der Waals surface area contributed by atoms with Crippen molar-refractivity contribution in [2.75, 3.05) is 13.1 Å². The number of piperidine rings is 1. The maximum Gasteiger partial charge on any atom is 0.237 e. The molecule has 2 fully saturated rings. The molecule has 0 radical (unpaired) electrons. The quantitative estimate of drug-likeness (QED) is 0.817. The molecular weight excluding hydrogens is 236 g/mol. The van der Waals surface area contributed by atoms with E-state index in [9.17, 15) is 4.79 Å². The second-order valence-electron chi connectivity index (χ2n) is 5.25. The summed E-state index contributed by atoms with van der Waals surface area (Å²) in [5.41, 5.74) is 0. The van der Waals surface area contributed by atoms with E-state index >= 15 is 0 Å². The van der Waals surface area contributed by atoms with Crippen LogP contribution < -0.4 is 10.6 Å². The first-order chi connectivity index (χ1) is 7.86. The van der Waals surface area contributed by atoms with Gasteiger partial charge in [-0.1, -0.05) is 25.7 Å². The summed E-state index contributed by atoms with van der Waals surface area (Å²) >= 11 is 0. The van der Waals surface area contributed by atoms with Gasteiger partial charge in [-0.05, 0) is 38.1 Å². The maximum atomic E-state index is 11.9. The Hall–Kier alpha value is -0.280. The molecule has 100 valence electrons. The van der Waals surface area contributed by atoms with E-state index in [-0.39, 0.29) is 24.4 Å². The van der Waals surface area contributed by atoms with Gasteiger partial charge in [0, 0.05) is 6.54 Å². The molecule has 1 saturated carbocycles. The minimum Gasteiger partial charge on any atom is -0.354 e. The summed E-state index contributed by atoms with van der Waals surface area (Å²) in [7, 11) is 0. The summed E-state index contributed by atoms with van der Waals surface area (Å²) in [5.74, 6) is 0.964. The van der Waals surface area contributed by atoms with E-state index in [2.05, 4.69) is 10.6 Å². The fourth-order valence-electron chi connectivity index (χ4n) is 2.84. The lowest BCUT2D eigenvalue weighted by Crippen LogP contribution is -2.47. The first-order valence-corrected chi connectivity index (χ1v) is 6.87. The minimum atomic E-state index is 0. The molecule has 0 aromatic rings. The molecule has 1 amide bonds. The van der Waals surface area contributed by atoms with E-state index in [0.717, 1.165) is 25.4 Å². The molecule has 3 nitrogen and oxygen atoms in total. The first kappa shape index (κ1) is 14.8. The van der Waals surface area contributed by atoms with Gasteiger partial charge in [0.05, 0.1) is 6.04 Å². The van der Waals surface area contributed by atoms with Gasteiger partial charge in [0.2, 0.25) is 5.91 Å². The second-order valence-corrected chi connectivity index (χ2v) is 5.25.